The first-order valence-corrected chi connectivity index (χ1v) is 7.31. The van der Waals surface area contributed by atoms with Crippen LogP contribution in [0.1, 0.15) is 50.7 Å². The highest BCUT2D eigenvalue weighted by Crippen LogP contribution is 2.40. The van der Waals surface area contributed by atoms with E-state index in [4.69, 9.17) is 5.26 Å². The highest BCUT2D eigenvalue weighted by atomic mass is 16.3. The van der Waals surface area contributed by atoms with E-state index in [1.165, 1.54) is 0 Å². The Balaban J connectivity index is 2.01. The summed E-state index contributed by atoms with van der Waals surface area (Å²) in [7, 11) is 0. The molecule has 2 N–H and O–H groups in total. The van der Waals surface area contributed by atoms with Gasteiger partial charge in [0.2, 0.25) is 0 Å². The number of aryl methyl sites for hydroxylation is 1. The first-order chi connectivity index (χ1) is 9.34. The first-order valence-electron chi connectivity index (χ1n) is 7.31. The molecular weight excluding hydrogens is 248 g/mol. The molecule has 3 heteroatoms. The SMILES string of the molecule is Cc1ccc(NCC2(O)CCC(C)(C)CC2)c(C#N)c1. The van der Waals surface area contributed by atoms with Crippen LogP contribution >= 0.6 is 0 Å². The van der Waals surface area contributed by atoms with Gasteiger partial charge in [0.1, 0.15) is 6.07 Å². The number of rotatable bonds is 3. The van der Waals surface area contributed by atoms with Gasteiger partial charge in [0.25, 0.3) is 0 Å². The van der Waals surface area contributed by atoms with Crippen LogP contribution in [0.3, 0.4) is 0 Å². The summed E-state index contributed by atoms with van der Waals surface area (Å²) in [5, 5.41) is 23.1. The van der Waals surface area contributed by atoms with E-state index in [2.05, 4.69) is 25.2 Å². The van der Waals surface area contributed by atoms with Crippen molar-refractivity contribution in [3.8, 4) is 6.07 Å². The quantitative estimate of drug-likeness (QED) is 0.883. The number of nitrogens with zero attached hydrogens (tertiary/aromatic N) is 1. The van der Waals surface area contributed by atoms with Crippen molar-refractivity contribution in [3.05, 3.63) is 29.3 Å². The fourth-order valence-corrected chi connectivity index (χ4v) is 2.73. The van der Waals surface area contributed by atoms with Crippen molar-refractivity contribution in [2.24, 2.45) is 5.41 Å². The van der Waals surface area contributed by atoms with Gasteiger partial charge in [-0.3, -0.25) is 0 Å². The van der Waals surface area contributed by atoms with Crippen molar-refractivity contribution in [2.75, 3.05) is 11.9 Å². The number of benzene rings is 1. The average Bonchev–Trinajstić information content (AvgIpc) is 2.41. The predicted octanol–water partition coefficient (Wildman–Crippen LogP) is 3.61. The van der Waals surface area contributed by atoms with E-state index in [9.17, 15) is 5.11 Å². The summed E-state index contributed by atoms with van der Waals surface area (Å²) in [6.07, 6.45) is 3.73. The third-order valence-electron chi connectivity index (χ3n) is 4.44. The van der Waals surface area contributed by atoms with Gasteiger partial charge >= 0.3 is 0 Å². The second kappa shape index (κ2) is 5.46. The maximum absolute atomic E-state index is 10.6. The Kier molecular flexibility index (Phi) is 4.06. The minimum absolute atomic E-state index is 0.341. The van der Waals surface area contributed by atoms with Crippen molar-refractivity contribution in [2.45, 2.75) is 52.1 Å². The molecule has 0 spiro atoms. The molecule has 108 valence electrons. The number of aliphatic hydroxyl groups is 1. The van der Waals surface area contributed by atoms with E-state index >= 15 is 0 Å². The van der Waals surface area contributed by atoms with E-state index in [0.717, 1.165) is 36.9 Å². The van der Waals surface area contributed by atoms with Crippen LogP contribution in [0.5, 0.6) is 0 Å². The molecule has 1 aliphatic rings. The summed E-state index contributed by atoms with van der Waals surface area (Å²) in [6.45, 7) is 7.00. The molecule has 0 unspecified atom stereocenters. The van der Waals surface area contributed by atoms with Gasteiger partial charge in [0, 0.05) is 6.54 Å². The summed E-state index contributed by atoms with van der Waals surface area (Å²) in [4.78, 5) is 0. The molecule has 0 bridgehead atoms. The van der Waals surface area contributed by atoms with Crippen molar-refractivity contribution in [1.82, 2.24) is 0 Å². The maximum atomic E-state index is 10.6. The van der Waals surface area contributed by atoms with Gasteiger partial charge in [-0.2, -0.15) is 5.26 Å². The molecule has 1 aliphatic carbocycles. The molecule has 1 aromatic rings. The minimum atomic E-state index is -0.646. The predicted molar refractivity (Wildman–Crippen MR) is 81.6 cm³/mol. The number of anilines is 1. The van der Waals surface area contributed by atoms with Crippen LogP contribution in [0.4, 0.5) is 5.69 Å². The van der Waals surface area contributed by atoms with Crippen LogP contribution < -0.4 is 5.32 Å². The van der Waals surface area contributed by atoms with Gasteiger partial charge in [-0.05, 0) is 55.7 Å². The Morgan fingerprint density at radius 1 is 1.25 bits per heavy atom. The van der Waals surface area contributed by atoms with E-state index in [1.54, 1.807) is 0 Å². The third-order valence-corrected chi connectivity index (χ3v) is 4.44. The molecule has 1 saturated carbocycles. The average molecular weight is 272 g/mol. The van der Waals surface area contributed by atoms with Crippen molar-refractivity contribution in [3.63, 3.8) is 0 Å². The zero-order chi connectivity index (χ0) is 14.8. The zero-order valence-electron chi connectivity index (χ0n) is 12.7. The highest BCUT2D eigenvalue weighted by Gasteiger charge is 2.36. The smallest absolute Gasteiger partial charge is 0.101 e. The van der Waals surface area contributed by atoms with E-state index in [0.29, 0.717) is 17.5 Å². The van der Waals surface area contributed by atoms with Crippen LogP contribution in [0, 0.1) is 23.7 Å². The monoisotopic (exact) mass is 272 g/mol. The standard InChI is InChI=1S/C17H24N2O/c1-13-4-5-15(14(10-13)11-18)19-12-17(20)8-6-16(2,3)7-9-17/h4-5,10,19-20H,6-9,12H2,1-3H3. The van der Waals surface area contributed by atoms with Crippen LogP contribution in [0.15, 0.2) is 18.2 Å². The van der Waals surface area contributed by atoms with Crippen LogP contribution in [-0.2, 0) is 0 Å². The molecule has 0 amide bonds. The Labute approximate surface area is 121 Å². The van der Waals surface area contributed by atoms with Crippen molar-refractivity contribution >= 4 is 5.69 Å². The van der Waals surface area contributed by atoms with Gasteiger partial charge in [-0.1, -0.05) is 19.9 Å². The second-order valence-corrected chi connectivity index (χ2v) is 6.90. The molecule has 0 radical (unpaired) electrons. The van der Waals surface area contributed by atoms with E-state index in [-0.39, 0.29) is 0 Å². The lowest BCUT2D eigenvalue weighted by Crippen LogP contribution is -2.42. The fraction of sp³-hybridized carbons (Fsp3) is 0.588. The molecule has 0 aliphatic heterocycles. The fourth-order valence-electron chi connectivity index (χ4n) is 2.73. The summed E-state index contributed by atoms with van der Waals surface area (Å²) < 4.78 is 0. The first kappa shape index (κ1) is 14.9. The van der Waals surface area contributed by atoms with Crippen LogP contribution in [0.2, 0.25) is 0 Å². The maximum Gasteiger partial charge on any atom is 0.101 e. The lowest BCUT2D eigenvalue weighted by atomic mass is 9.71. The Hall–Kier alpha value is -1.53. The molecule has 20 heavy (non-hydrogen) atoms. The van der Waals surface area contributed by atoms with Gasteiger partial charge < -0.3 is 10.4 Å². The zero-order valence-corrected chi connectivity index (χ0v) is 12.7. The summed E-state index contributed by atoms with van der Waals surface area (Å²) >= 11 is 0. The van der Waals surface area contributed by atoms with Crippen LogP contribution in [-0.4, -0.2) is 17.3 Å². The molecule has 0 aromatic heterocycles. The summed E-state index contributed by atoms with van der Waals surface area (Å²) in [5.74, 6) is 0. The van der Waals surface area contributed by atoms with Gasteiger partial charge in [-0.25, -0.2) is 0 Å². The van der Waals surface area contributed by atoms with Gasteiger partial charge in [0.15, 0.2) is 0 Å². The normalized spacial score (nSPS) is 20.1. The topological polar surface area (TPSA) is 56.0 Å². The minimum Gasteiger partial charge on any atom is -0.388 e. The summed E-state index contributed by atoms with van der Waals surface area (Å²) in [5.41, 5.74) is 2.23. The molecule has 0 atom stereocenters. The molecule has 1 aromatic carbocycles. The van der Waals surface area contributed by atoms with Crippen LogP contribution in [0.25, 0.3) is 0 Å². The second-order valence-electron chi connectivity index (χ2n) is 6.90. The number of hydrogen-bond acceptors (Lipinski definition) is 3. The van der Waals surface area contributed by atoms with Crippen molar-refractivity contribution < 1.29 is 5.11 Å². The van der Waals surface area contributed by atoms with E-state index in [1.807, 2.05) is 25.1 Å². The van der Waals surface area contributed by atoms with Gasteiger partial charge in [-0.15, -0.1) is 0 Å². The molecule has 1 fully saturated rings. The third kappa shape index (κ3) is 3.52. The molecule has 3 nitrogen and oxygen atoms in total. The number of hydrogen-bond donors (Lipinski definition) is 2. The summed E-state index contributed by atoms with van der Waals surface area (Å²) in [6, 6.07) is 7.98. The largest absolute Gasteiger partial charge is 0.388 e. The Morgan fingerprint density at radius 2 is 1.90 bits per heavy atom. The Bertz CT molecular complexity index is 518. The Morgan fingerprint density at radius 3 is 2.50 bits per heavy atom. The molecule has 0 saturated heterocycles. The number of nitriles is 1. The lowest BCUT2D eigenvalue weighted by Gasteiger charge is -2.40. The lowest BCUT2D eigenvalue weighted by molar-refractivity contribution is -0.0145. The van der Waals surface area contributed by atoms with Crippen molar-refractivity contribution in [1.29, 1.82) is 5.26 Å². The molecule has 0 heterocycles. The molecular formula is C17H24N2O. The number of nitrogens with one attached hydrogen (secondary N) is 1. The highest BCUT2D eigenvalue weighted by molar-refractivity contribution is 5.58. The van der Waals surface area contributed by atoms with E-state index < -0.39 is 5.60 Å². The molecule has 2 rings (SSSR count). The van der Waals surface area contributed by atoms with Gasteiger partial charge in [0.05, 0.1) is 16.9 Å².